The molecule has 0 saturated carbocycles. The molecule has 0 atom stereocenters. The van der Waals surface area contributed by atoms with Crippen molar-refractivity contribution in [3.05, 3.63) is 239 Å². The molecule has 0 aliphatic heterocycles. The minimum atomic E-state index is -0.534. The van der Waals surface area contributed by atoms with Crippen LogP contribution in [0, 0.1) is 0 Å². The summed E-state index contributed by atoms with van der Waals surface area (Å²) in [5.41, 5.74) is 9.27. The molecule has 8 aromatic carbocycles. The molecule has 216 valence electrons. The van der Waals surface area contributed by atoms with Crippen LogP contribution in [0.25, 0.3) is 21.5 Å². The molecule has 0 nitrogen and oxygen atoms in total. The van der Waals surface area contributed by atoms with Crippen molar-refractivity contribution in [2.75, 3.05) is 0 Å². The highest BCUT2D eigenvalue weighted by Crippen LogP contribution is 2.60. The Morgan fingerprint density at radius 2 is 0.522 bits per heavy atom. The molecule has 1 aliphatic carbocycles. The van der Waals surface area contributed by atoms with Crippen molar-refractivity contribution in [1.82, 2.24) is 0 Å². The van der Waals surface area contributed by atoms with Crippen LogP contribution in [0.5, 0.6) is 0 Å². The van der Waals surface area contributed by atoms with Crippen molar-refractivity contribution >= 4 is 21.5 Å². The number of fused-ring (bicyclic) bond motifs is 4. The van der Waals surface area contributed by atoms with E-state index in [1.54, 1.807) is 0 Å². The fourth-order valence-corrected chi connectivity index (χ4v) is 8.36. The first-order valence-electron chi connectivity index (χ1n) is 16.1. The van der Waals surface area contributed by atoms with Crippen LogP contribution in [0.4, 0.5) is 0 Å². The Morgan fingerprint density at radius 1 is 0.217 bits per heavy atom. The smallest absolute Gasteiger partial charge is 0.0622 e. The molecular weight excluding hydrogens is 553 g/mol. The average Bonchev–Trinajstić information content (AvgIpc) is 3.14. The Labute approximate surface area is 270 Å². The van der Waals surface area contributed by atoms with Gasteiger partial charge in [0.1, 0.15) is 0 Å². The number of rotatable bonds is 4. The topological polar surface area (TPSA) is 0 Å². The van der Waals surface area contributed by atoms with Crippen molar-refractivity contribution in [2.24, 2.45) is 0 Å². The normalized spacial score (nSPS) is 18.6. The lowest BCUT2D eigenvalue weighted by Gasteiger charge is -2.51. The van der Waals surface area contributed by atoms with Crippen LogP contribution in [-0.4, -0.2) is 0 Å². The van der Waals surface area contributed by atoms with E-state index in [1.165, 1.54) is 66.1 Å². The zero-order valence-electron chi connectivity index (χ0n) is 25.5. The van der Waals surface area contributed by atoms with Gasteiger partial charge in [-0.3, -0.25) is 0 Å². The van der Waals surface area contributed by atoms with Crippen molar-refractivity contribution in [1.29, 1.82) is 0 Å². The second-order valence-electron chi connectivity index (χ2n) is 12.4. The summed E-state index contributed by atoms with van der Waals surface area (Å²) >= 11 is 0. The van der Waals surface area contributed by atoms with Crippen molar-refractivity contribution in [3.63, 3.8) is 0 Å². The number of hydrogen-bond acceptors (Lipinski definition) is 0. The molecule has 0 saturated heterocycles. The fraction of sp³-hybridized carbons (Fsp3) is 0.0435. The van der Waals surface area contributed by atoms with Gasteiger partial charge >= 0.3 is 0 Å². The van der Waals surface area contributed by atoms with Gasteiger partial charge in [0.05, 0.1) is 10.8 Å². The van der Waals surface area contributed by atoms with E-state index in [4.69, 9.17) is 0 Å². The molecule has 8 aromatic rings. The van der Waals surface area contributed by atoms with Gasteiger partial charge < -0.3 is 0 Å². The summed E-state index contributed by atoms with van der Waals surface area (Å²) in [5.74, 6) is 0. The van der Waals surface area contributed by atoms with E-state index in [2.05, 4.69) is 194 Å². The van der Waals surface area contributed by atoms with E-state index in [0.717, 1.165) is 0 Å². The lowest BCUT2D eigenvalue weighted by atomic mass is 9.50. The fourth-order valence-electron chi connectivity index (χ4n) is 8.36. The van der Waals surface area contributed by atoms with Gasteiger partial charge in [-0.2, -0.15) is 0 Å². The minimum absolute atomic E-state index is 0.534. The van der Waals surface area contributed by atoms with E-state index in [9.17, 15) is 0 Å². The zero-order chi connectivity index (χ0) is 30.6. The van der Waals surface area contributed by atoms with Gasteiger partial charge in [-0.05, 0) is 78.2 Å². The lowest BCUT2D eigenvalue weighted by Crippen LogP contribution is -2.45. The highest BCUT2D eigenvalue weighted by Gasteiger charge is 2.53. The lowest BCUT2D eigenvalue weighted by molar-refractivity contribution is 0.616. The Morgan fingerprint density at radius 3 is 0.891 bits per heavy atom. The summed E-state index contributed by atoms with van der Waals surface area (Å²) in [5, 5.41) is 5.00. The average molecular weight is 585 g/mol. The maximum Gasteiger partial charge on any atom is 0.0708 e. The van der Waals surface area contributed by atoms with Crippen LogP contribution in [0.1, 0.15) is 44.5 Å². The van der Waals surface area contributed by atoms with Gasteiger partial charge in [0.2, 0.25) is 0 Å². The van der Waals surface area contributed by atoms with E-state index in [0.29, 0.717) is 0 Å². The van der Waals surface area contributed by atoms with E-state index in [-0.39, 0.29) is 0 Å². The first kappa shape index (κ1) is 26.7. The monoisotopic (exact) mass is 584 g/mol. The number of benzene rings is 8. The predicted molar refractivity (Wildman–Crippen MR) is 192 cm³/mol. The van der Waals surface area contributed by atoms with Crippen LogP contribution in [0.2, 0.25) is 0 Å². The minimum Gasteiger partial charge on any atom is -0.0622 e. The molecule has 0 bridgehead atoms. The van der Waals surface area contributed by atoms with Crippen LogP contribution in [0.3, 0.4) is 0 Å². The van der Waals surface area contributed by atoms with Crippen LogP contribution >= 0.6 is 0 Å². The molecule has 1 aliphatic rings. The van der Waals surface area contributed by atoms with Gasteiger partial charge in [0.25, 0.3) is 0 Å². The molecule has 0 fully saturated rings. The Hall–Kier alpha value is -5.72. The number of hydrogen-bond donors (Lipinski definition) is 0. The molecule has 9 rings (SSSR count). The maximum absolute atomic E-state index is 2.42. The largest absolute Gasteiger partial charge is 0.0708 e. The first-order valence-corrected chi connectivity index (χ1v) is 16.1. The molecule has 0 heterocycles. The standard InChI is InChI=1S/C46H32/c1-3-19-37(20-4-1)45(39-29-27-33-15-7-9-17-35(33)31-39)41-23-11-13-25-43(41)46(38-21-5-2-6-22-38,44-26-14-12-24-42(44)45)40-30-28-34-16-8-10-18-36(34)32-40/h1-32H. The van der Waals surface area contributed by atoms with Gasteiger partial charge in [0, 0.05) is 0 Å². The van der Waals surface area contributed by atoms with Crippen molar-refractivity contribution in [2.45, 2.75) is 10.8 Å². The molecule has 46 heavy (non-hydrogen) atoms. The third kappa shape index (κ3) is 3.68. The van der Waals surface area contributed by atoms with E-state index >= 15 is 0 Å². The maximum atomic E-state index is 2.42. The van der Waals surface area contributed by atoms with Crippen molar-refractivity contribution in [3.8, 4) is 0 Å². The highest BCUT2D eigenvalue weighted by molar-refractivity contribution is 5.87. The summed E-state index contributed by atoms with van der Waals surface area (Å²) < 4.78 is 0. The van der Waals surface area contributed by atoms with Crippen LogP contribution in [-0.2, 0) is 10.8 Å². The molecule has 0 heteroatoms. The molecule has 0 spiro atoms. The van der Waals surface area contributed by atoms with Gasteiger partial charge in [0.15, 0.2) is 0 Å². The van der Waals surface area contributed by atoms with Crippen LogP contribution < -0.4 is 0 Å². The third-order valence-electron chi connectivity index (χ3n) is 10.2. The molecule has 0 aromatic heterocycles. The second kappa shape index (κ2) is 10.4. The summed E-state index contributed by atoms with van der Waals surface area (Å²) in [7, 11) is 0. The second-order valence-corrected chi connectivity index (χ2v) is 12.4. The Bertz CT molecular complexity index is 2150. The Balaban J connectivity index is 1.48. The van der Waals surface area contributed by atoms with Gasteiger partial charge in [-0.1, -0.05) is 182 Å². The zero-order valence-corrected chi connectivity index (χ0v) is 25.5. The summed E-state index contributed by atoms with van der Waals surface area (Å²) in [6, 6.07) is 72.2. The molecule has 0 radical (unpaired) electrons. The molecular formula is C46H32. The SMILES string of the molecule is c1ccc(C2(c3ccc4ccccc4c3)c3ccccc3C(c3ccccc3)(c3ccc4ccccc4c3)c3ccccc32)cc1. The molecule has 0 amide bonds. The highest BCUT2D eigenvalue weighted by atomic mass is 14.5. The van der Waals surface area contributed by atoms with Gasteiger partial charge in [-0.25, -0.2) is 0 Å². The van der Waals surface area contributed by atoms with Crippen LogP contribution in [0.15, 0.2) is 194 Å². The first-order chi connectivity index (χ1) is 22.8. The predicted octanol–water partition coefficient (Wildman–Crippen LogP) is 11.1. The van der Waals surface area contributed by atoms with Gasteiger partial charge in [-0.15, -0.1) is 0 Å². The molecule has 0 N–H and O–H groups in total. The Kier molecular flexibility index (Phi) is 6.05. The van der Waals surface area contributed by atoms with E-state index < -0.39 is 10.8 Å². The quantitative estimate of drug-likeness (QED) is 0.193. The van der Waals surface area contributed by atoms with E-state index in [1.807, 2.05) is 0 Å². The summed E-state index contributed by atoms with van der Waals surface area (Å²) in [4.78, 5) is 0. The molecule has 0 unspecified atom stereocenters. The van der Waals surface area contributed by atoms with Crippen molar-refractivity contribution < 1.29 is 0 Å². The summed E-state index contributed by atoms with van der Waals surface area (Å²) in [6.45, 7) is 0. The third-order valence-corrected chi connectivity index (χ3v) is 10.2. The summed E-state index contributed by atoms with van der Waals surface area (Å²) in [6.07, 6.45) is 0.